The number of hydrogen-bond acceptors (Lipinski definition) is 5. The standard InChI is InChI=1S/C17H27F3N4O4S.HI/c1-27-12-8-22-16(21-7-4-15-3-2-11-28-15)23-13-14-5-9-24(10-6-14)29(25,26)17(18,19)20;/h2-3,11,14H,4-10,12-13H2,1H3,(H2,21,22,23);1H. The topological polar surface area (TPSA) is 96.2 Å². The summed E-state index contributed by atoms with van der Waals surface area (Å²) in [7, 11) is -3.66. The SMILES string of the molecule is COCCNC(=NCC1CCN(S(=O)(=O)C(F)(F)F)CC1)NCCc1ccco1.I. The van der Waals surface area contributed by atoms with E-state index in [1.165, 1.54) is 0 Å². The number of piperidine rings is 1. The highest BCUT2D eigenvalue weighted by Crippen LogP contribution is 2.30. The molecule has 0 aliphatic carbocycles. The van der Waals surface area contributed by atoms with Crippen LogP contribution in [0.25, 0.3) is 0 Å². The number of methoxy groups -OCH3 is 1. The molecule has 0 spiro atoms. The van der Waals surface area contributed by atoms with Gasteiger partial charge in [0.2, 0.25) is 0 Å². The molecule has 1 aliphatic rings. The Morgan fingerprint density at radius 3 is 2.53 bits per heavy atom. The number of hydrogen-bond donors (Lipinski definition) is 2. The summed E-state index contributed by atoms with van der Waals surface area (Å²) < 4.78 is 71.7. The first kappa shape index (κ1) is 27.0. The van der Waals surface area contributed by atoms with Crippen molar-refractivity contribution in [3.8, 4) is 0 Å². The molecule has 2 N–H and O–H groups in total. The lowest BCUT2D eigenvalue weighted by atomic mass is 9.98. The number of furan rings is 1. The molecular weight excluding hydrogens is 540 g/mol. The first-order valence-electron chi connectivity index (χ1n) is 9.34. The van der Waals surface area contributed by atoms with Crippen LogP contribution < -0.4 is 10.6 Å². The lowest BCUT2D eigenvalue weighted by molar-refractivity contribution is -0.0496. The molecular formula is C17H28F3IN4O4S. The Bertz CT molecular complexity index is 737. The van der Waals surface area contributed by atoms with Gasteiger partial charge < -0.3 is 19.8 Å². The Labute approximate surface area is 191 Å². The molecule has 2 rings (SSSR count). The van der Waals surface area contributed by atoms with Crippen LogP contribution >= 0.6 is 24.0 Å². The van der Waals surface area contributed by atoms with Crippen molar-refractivity contribution >= 4 is 40.0 Å². The number of alkyl halides is 3. The van der Waals surface area contributed by atoms with Crippen LogP contribution in [0.3, 0.4) is 0 Å². The van der Waals surface area contributed by atoms with E-state index >= 15 is 0 Å². The monoisotopic (exact) mass is 568 g/mol. The normalized spacial score (nSPS) is 16.9. The molecule has 0 bridgehead atoms. The molecule has 1 aromatic rings. The van der Waals surface area contributed by atoms with Gasteiger partial charge in [0.15, 0.2) is 5.96 Å². The predicted molar refractivity (Wildman–Crippen MR) is 117 cm³/mol. The van der Waals surface area contributed by atoms with Gasteiger partial charge in [-0.15, -0.1) is 24.0 Å². The number of rotatable bonds is 9. The van der Waals surface area contributed by atoms with Crippen molar-refractivity contribution in [2.75, 3.05) is 46.4 Å². The van der Waals surface area contributed by atoms with E-state index in [9.17, 15) is 21.6 Å². The van der Waals surface area contributed by atoms with Crippen LogP contribution in [0.15, 0.2) is 27.8 Å². The Morgan fingerprint density at radius 1 is 1.30 bits per heavy atom. The van der Waals surface area contributed by atoms with Gasteiger partial charge in [-0.3, -0.25) is 4.99 Å². The fraction of sp³-hybridized carbons (Fsp3) is 0.706. The molecule has 1 aromatic heterocycles. The number of nitrogens with one attached hydrogen (secondary N) is 2. The van der Waals surface area contributed by atoms with Crippen LogP contribution in [0.5, 0.6) is 0 Å². The van der Waals surface area contributed by atoms with E-state index in [0.717, 1.165) is 5.76 Å². The van der Waals surface area contributed by atoms with Crippen molar-refractivity contribution in [3.05, 3.63) is 24.2 Å². The fourth-order valence-corrected chi connectivity index (χ4v) is 3.89. The fourth-order valence-electron chi connectivity index (χ4n) is 2.90. The minimum Gasteiger partial charge on any atom is -0.469 e. The van der Waals surface area contributed by atoms with Gasteiger partial charge in [0.05, 0.1) is 12.9 Å². The number of sulfonamides is 1. The molecule has 13 heteroatoms. The third-order valence-electron chi connectivity index (χ3n) is 4.56. The summed E-state index contributed by atoms with van der Waals surface area (Å²) in [4.78, 5) is 4.49. The third kappa shape index (κ3) is 8.23. The molecule has 30 heavy (non-hydrogen) atoms. The maximum absolute atomic E-state index is 12.7. The summed E-state index contributed by atoms with van der Waals surface area (Å²) >= 11 is 0. The molecule has 1 saturated heterocycles. The highest BCUT2D eigenvalue weighted by molar-refractivity contribution is 14.0. The van der Waals surface area contributed by atoms with E-state index in [1.54, 1.807) is 13.4 Å². The van der Waals surface area contributed by atoms with Gasteiger partial charge >= 0.3 is 15.5 Å². The van der Waals surface area contributed by atoms with Gasteiger partial charge in [-0.25, -0.2) is 8.42 Å². The second kappa shape index (κ2) is 12.7. The highest BCUT2D eigenvalue weighted by atomic mass is 127. The van der Waals surface area contributed by atoms with E-state index in [-0.39, 0.29) is 43.0 Å². The Hall–Kier alpha value is -1.06. The van der Waals surface area contributed by atoms with Gasteiger partial charge in [0, 0.05) is 46.3 Å². The third-order valence-corrected chi connectivity index (χ3v) is 6.19. The molecule has 0 atom stereocenters. The lowest BCUT2D eigenvalue weighted by Gasteiger charge is -2.30. The van der Waals surface area contributed by atoms with Gasteiger partial charge in [0.1, 0.15) is 5.76 Å². The Kier molecular flexibility index (Phi) is 11.4. The minimum absolute atomic E-state index is 0. The minimum atomic E-state index is -5.26. The van der Waals surface area contributed by atoms with E-state index in [0.29, 0.717) is 55.8 Å². The summed E-state index contributed by atoms with van der Waals surface area (Å²) in [6.07, 6.45) is 2.94. The van der Waals surface area contributed by atoms with Crippen LogP contribution in [0, 0.1) is 5.92 Å². The number of nitrogens with zero attached hydrogens (tertiary/aromatic N) is 2. The van der Waals surface area contributed by atoms with Crippen molar-refractivity contribution in [2.24, 2.45) is 10.9 Å². The summed E-state index contributed by atoms with van der Waals surface area (Å²) in [5.41, 5.74) is -5.26. The van der Waals surface area contributed by atoms with Crippen LogP contribution in [-0.4, -0.2) is 70.6 Å². The zero-order valence-corrected chi connectivity index (χ0v) is 19.8. The van der Waals surface area contributed by atoms with Crippen LogP contribution in [0.2, 0.25) is 0 Å². The number of guanidine groups is 1. The number of aliphatic imine (C=N–C) groups is 1. The van der Waals surface area contributed by atoms with Crippen molar-refractivity contribution in [1.29, 1.82) is 0 Å². The average molecular weight is 568 g/mol. The Balaban J connectivity index is 0.00000450. The van der Waals surface area contributed by atoms with Crippen LogP contribution in [-0.2, 0) is 21.2 Å². The van der Waals surface area contributed by atoms with Crippen molar-refractivity contribution in [1.82, 2.24) is 14.9 Å². The molecule has 0 saturated carbocycles. The van der Waals surface area contributed by atoms with Crippen molar-refractivity contribution in [3.63, 3.8) is 0 Å². The maximum atomic E-state index is 12.7. The van der Waals surface area contributed by atoms with Gasteiger partial charge in [-0.05, 0) is 30.9 Å². The second-order valence-electron chi connectivity index (χ2n) is 6.66. The number of halogens is 4. The van der Waals surface area contributed by atoms with Gasteiger partial charge in [-0.2, -0.15) is 17.5 Å². The van der Waals surface area contributed by atoms with Crippen molar-refractivity contribution < 1.29 is 30.7 Å². The molecule has 0 unspecified atom stereocenters. The predicted octanol–water partition coefficient (Wildman–Crippen LogP) is 2.18. The van der Waals surface area contributed by atoms with E-state index < -0.39 is 15.5 Å². The average Bonchev–Trinajstić information content (AvgIpc) is 3.19. The lowest BCUT2D eigenvalue weighted by Crippen LogP contribution is -2.45. The van der Waals surface area contributed by atoms with E-state index in [1.807, 2.05) is 12.1 Å². The zero-order chi connectivity index (χ0) is 21.3. The number of ether oxygens (including phenoxy) is 1. The Morgan fingerprint density at radius 2 is 1.97 bits per heavy atom. The molecule has 2 heterocycles. The maximum Gasteiger partial charge on any atom is 0.511 e. The van der Waals surface area contributed by atoms with Gasteiger partial charge in [0.25, 0.3) is 0 Å². The largest absolute Gasteiger partial charge is 0.511 e. The highest BCUT2D eigenvalue weighted by Gasteiger charge is 2.50. The first-order valence-corrected chi connectivity index (χ1v) is 10.8. The van der Waals surface area contributed by atoms with Crippen LogP contribution in [0.4, 0.5) is 13.2 Å². The summed E-state index contributed by atoms with van der Waals surface area (Å²) in [6.45, 7) is 1.72. The summed E-state index contributed by atoms with van der Waals surface area (Å²) in [5.74, 6) is 1.42. The molecule has 1 fully saturated rings. The second-order valence-corrected chi connectivity index (χ2v) is 8.59. The van der Waals surface area contributed by atoms with Gasteiger partial charge in [-0.1, -0.05) is 0 Å². The van der Waals surface area contributed by atoms with Crippen molar-refractivity contribution in [2.45, 2.75) is 24.8 Å². The summed E-state index contributed by atoms with van der Waals surface area (Å²) in [6, 6.07) is 3.69. The molecule has 174 valence electrons. The molecule has 0 amide bonds. The smallest absolute Gasteiger partial charge is 0.469 e. The quantitative estimate of drug-likeness (QED) is 0.205. The van der Waals surface area contributed by atoms with E-state index in [4.69, 9.17) is 9.15 Å². The molecule has 1 aliphatic heterocycles. The van der Waals surface area contributed by atoms with E-state index in [2.05, 4.69) is 15.6 Å². The molecule has 0 radical (unpaired) electrons. The summed E-state index contributed by atoms with van der Waals surface area (Å²) in [5, 5.41) is 6.30. The molecule has 0 aromatic carbocycles. The molecule has 8 nitrogen and oxygen atoms in total. The zero-order valence-electron chi connectivity index (χ0n) is 16.7. The van der Waals surface area contributed by atoms with Crippen LogP contribution in [0.1, 0.15) is 18.6 Å². The first-order chi connectivity index (χ1) is 13.7.